The third-order valence-corrected chi connectivity index (χ3v) is 3.96. The predicted octanol–water partition coefficient (Wildman–Crippen LogP) is 4.33. The SMILES string of the molecule is O=C(COC(=O)/C=C/c1nc2ccccc2o1)Nc1ccc(Cl)c(Cl)c1. The molecule has 3 rings (SSSR count). The van der Waals surface area contributed by atoms with Gasteiger partial charge in [-0.15, -0.1) is 0 Å². The first-order chi connectivity index (χ1) is 12.5. The Morgan fingerprint density at radius 3 is 2.73 bits per heavy atom. The van der Waals surface area contributed by atoms with Crippen LogP contribution in [0.25, 0.3) is 17.2 Å². The van der Waals surface area contributed by atoms with Crippen LogP contribution in [0.4, 0.5) is 5.69 Å². The van der Waals surface area contributed by atoms with Crippen LogP contribution in [0.5, 0.6) is 0 Å². The zero-order valence-corrected chi connectivity index (χ0v) is 14.8. The van der Waals surface area contributed by atoms with Crippen LogP contribution in [0, 0.1) is 0 Å². The molecule has 1 aromatic heterocycles. The summed E-state index contributed by atoms with van der Waals surface area (Å²) < 4.78 is 10.3. The Bertz CT molecular complexity index is 965. The lowest BCUT2D eigenvalue weighted by Gasteiger charge is -2.06. The topological polar surface area (TPSA) is 81.4 Å². The van der Waals surface area contributed by atoms with E-state index >= 15 is 0 Å². The highest BCUT2D eigenvalue weighted by molar-refractivity contribution is 6.42. The lowest BCUT2D eigenvalue weighted by molar-refractivity contribution is -0.142. The van der Waals surface area contributed by atoms with Gasteiger partial charge in [-0.1, -0.05) is 35.3 Å². The average Bonchev–Trinajstić information content (AvgIpc) is 3.04. The number of hydrogen-bond acceptors (Lipinski definition) is 5. The van der Waals surface area contributed by atoms with Crippen molar-refractivity contribution in [2.75, 3.05) is 11.9 Å². The minimum absolute atomic E-state index is 0.267. The van der Waals surface area contributed by atoms with Crippen molar-refractivity contribution in [1.82, 2.24) is 4.98 Å². The molecule has 1 heterocycles. The molecule has 0 aliphatic carbocycles. The van der Waals surface area contributed by atoms with Gasteiger partial charge in [0.25, 0.3) is 5.91 Å². The molecule has 0 aliphatic heterocycles. The molecule has 8 heteroatoms. The number of anilines is 1. The van der Waals surface area contributed by atoms with Crippen molar-refractivity contribution >= 4 is 57.9 Å². The molecule has 0 fully saturated rings. The van der Waals surface area contributed by atoms with E-state index in [9.17, 15) is 9.59 Å². The lowest BCUT2D eigenvalue weighted by atomic mass is 10.3. The number of rotatable bonds is 5. The number of fused-ring (bicyclic) bond motifs is 1. The van der Waals surface area contributed by atoms with Crippen molar-refractivity contribution in [3.8, 4) is 0 Å². The molecule has 1 N–H and O–H groups in total. The number of nitrogens with zero attached hydrogens (tertiary/aromatic N) is 1. The summed E-state index contributed by atoms with van der Waals surface area (Å²) in [7, 11) is 0. The van der Waals surface area contributed by atoms with Crippen molar-refractivity contribution in [2.45, 2.75) is 0 Å². The molecule has 6 nitrogen and oxygen atoms in total. The summed E-state index contributed by atoms with van der Waals surface area (Å²) in [6.45, 7) is -0.447. The summed E-state index contributed by atoms with van der Waals surface area (Å²) in [4.78, 5) is 27.7. The Labute approximate surface area is 158 Å². The molecular weight excluding hydrogens is 379 g/mol. The van der Waals surface area contributed by atoms with E-state index < -0.39 is 18.5 Å². The number of nitrogens with one attached hydrogen (secondary N) is 1. The number of amides is 1. The second-order valence-electron chi connectivity index (χ2n) is 5.14. The largest absolute Gasteiger partial charge is 0.452 e. The summed E-state index contributed by atoms with van der Waals surface area (Å²) in [5.74, 6) is -0.938. The summed E-state index contributed by atoms with van der Waals surface area (Å²) in [6.07, 6.45) is 2.51. The number of carbonyl (C=O) groups excluding carboxylic acids is 2. The zero-order chi connectivity index (χ0) is 18.5. The summed E-state index contributed by atoms with van der Waals surface area (Å²) in [5, 5.41) is 3.23. The number of ether oxygens (including phenoxy) is 1. The fraction of sp³-hybridized carbons (Fsp3) is 0.0556. The highest BCUT2D eigenvalue weighted by Gasteiger charge is 2.08. The van der Waals surface area contributed by atoms with Crippen LogP contribution in [0.3, 0.4) is 0 Å². The normalized spacial score (nSPS) is 11.0. The standard InChI is InChI=1S/C18H12Cl2N2O4/c19-12-6-5-11(9-13(12)20)21-16(23)10-25-18(24)8-7-17-22-14-3-1-2-4-15(14)26-17/h1-9H,10H2,(H,21,23)/b8-7+. The number of oxazole rings is 1. The van der Waals surface area contributed by atoms with Crippen LogP contribution in [0.2, 0.25) is 10.0 Å². The zero-order valence-electron chi connectivity index (χ0n) is 13.2. The summed E-state index contributed by atoms with van der Waals surface area (Å²) >= 11 is 11.7. The lowest BCUT2D eigenvalue weighted by Crippen LogP contribution is -2.20. The molecule has 132 valence electrons. The molecule has 0 unspecified atom stereocenters. The summed E-state index contributed by atoms with van der Waals surface area (Å²) in [5.41, 5.74) is 1.74. The van der Waals surface area contributed by atoms with E-state index in [1.54, 1.807) is 24.3 Å². The van der Waals surface area contributed by atoms with E-state index in [1.165, 1.54) is 12.1 Å². The molecule has 0 saturated heterocycles. The van der Waals surface area contributed by atoms with Gasteiger partial charge in [0.1, 0.15) is 5.52 Å². The van der Waals surface area contributed by atoms with Crippen LogP contribution in [0.1, 0.15) is 5.89 Å². The van der Waals surface area contributed by atoms with Crippen LogP contribution in [0.15, 0.2) is 53.0 Å². The van der Waals surface area contributed by atoms with Crippen molar-refractivity contribution in [3.05, 3.63) is 64.5 Å². The number of aromatic nitrogens is 1. The Balaban J connectivity index is 1.51. The number of carbonyl (C=O) groups is 2. The summed E-state index contributed by atoms with van der Waals surface area (Å²) in [6, 6.07) is 11.8. The molecule has 3 aromatic rings. The maximum Gasteiger partial charge on any atom is 0.331 e. The maximum absolute atomic E-state index is 11.8. The molecule has 0 spiro atoms. The van der Waals surface area contributed by atoms with Crippen molar-refractivity contribution in [3.63, 3.8) is 0 Å². The van der Waals surface area contributed by atoms with E-state index in [2.05, 4.69) is 10.3 Å². The molecule has 2 aromatic carbocycles. The molecule has 26 heavy (non-hydrogen) atoms. The van der Waals surface area contributed by atoms with Gasteiger partial charge >= 0.3 is 5.97 Å². The van der Waals surface area contributed by atoms with E-state index in [4.69, 9.17) is 32.4 Å². The quantitative estimate of drug-likeness (QED) is 0.517. The fourth-order valence-electron chi connectivity index (χ4n) is 2.06. The minimum atomic E-state index is -0.698. The molecular formula is C18H12Cl2N2O4. The molecule has 0 aliphatic rings. The van der Waals surface area contributed by atoms with E-state index in [1.807, 2.05) is 12.1 Å². The van der Waals surface area contributed by atoms with Crippen molar-refractivity contribution < 1.29 is 18.7 Å². The van der Waals surface area contributed by atoms with E-state index in [0.717, 1.165) is 6.08 Å². The molecule has 0 saturated carbocycles. The third-order valence-electron chi connectivity index (χ3n) is 3.22. The first kappa shape index (κ1) is 18.0. The van der Waals surface area contributed by atoms with Gasteiger partial charge in [0.2, 0.25) is 5.89 Å². The first-order valence-corrected chi connectivity index (χ1v) is 8.22. The molecule has 1 amide bonds. The predicted molar refractivity (Wildman–Crippen MR) is 99.1 cm³/mol. The number of halogens is 2. The van der Waals surface area contributed by atoms with Crippen molar-refractivity contribution in [1.29, 1.82) is 0 Å². The smallest absolute Gasteiger partial charge is 0.331 e. The van der Waals surface area contributed by atoms with Gasteiger partial charge in [0.05, 0.1) is 10.0 Å². The monoisotopic (exact) mass is 390 g/mol. The van der Waals surface area contributed by atoms with Gasteiger partial charge in [-0.3, -0.25) is 4.79 Å². The second-order valence-corrected chi connectivity index (χ2v) is 5.95. The van der Waals surface area contributed by atoms with E-state index in [0.29, 0.717) is 26.8 Å². The highest BCUT2D eigenvalue weighted by Crippen LogP contribution is 2.24. The van der Waals surface area contributed by atoms with Crippen LogP contribution >= 0.6 is 23.2 Å². The minimum Gasteiger partial charge on any atom is -0.452 e. The van der Waals surface area contributed by atoms with Gasteiger partial charge in [0, 0.05) is 17.8 Å². The molecule has 0 bridgehead atoms. The number of para-hydroxylation sites is 2. The Hall–Kier alpha value is -2.83. The molecule has 0 radical (unpaired) electrons. The average molecular weight is 391 g/mol. The van der Waals surface area contributed by atoms with Gasteiger partial charge in [-0.2, -0.15) is 0 Å². The van der Waals surface area contributed by atoms with Crippen LogP contribution in [-0.4, -0.2) is 23.5 Å². The van der Waals surface area contributed by atoms with Crippen LogP contribution < -0.4 is 5.32 Å². The van der Waals surface area contributed by atoms with Gasteiger partial charge < -0.3 is 14.5 Å². The van der Waals surface area contributed by atoms with E-state index in [-0.39, 0.29) is 5.89 Å². The Morgan fingerprint density at radius 1 is 1.15 bits per heavy atom. The third kappa shape index (κ3) is 4.62. The van der Waals surface area contributed by atoms with Gasteiger partial charge in [-0.25, -0.2) is 9.78 Å². The van der Waals surface area contributed by atoms with Crippen molar-refractivity contribution in [2.24, 2.45) is 0 Å². The highest BCUT2D eigenvalue weighted by atomic mass is 35.5. The number of esters is 1. The number of benzene rings is 2. The fourth-order valence-corrected chi connectivity index (χ4v) is 2.35. The number of hydrogen-bond donors (Lipinski definition) is 1. The first-order valence-electron chi connectivity index (χ1n) is 7.46. The molecule has 0 atom stereocenters. The van der Waals surface area contributed by atoms with Gasteiger partial charge in [0.15, 0.2) is 12.2 Å². The Kier molecular flexibility index (Phi) is 5.55. The Morgan fingerprint density at radius 2 is 1.96 bits per heavy atom. The van der Waals surface area contributed by atoms with Gasteiger partial charge in [-0.05, 0) is 30.3 Å². The van der Waals surface area contributed by atoms with Crippen LogP contribution in [-0.2, 0) is 14.3 Å². The maximum atomic E-state index is 11.8. The second kappa shape index (κ2) is 8.03.